The van der Waals surface area contributed by atoms with Crippen LogP contribution in [-0.4, -0.2) is 102 Å². The molecule has 38 heavy (non-hydrogen) atoms. The van der Waals surface area contributed by atoms with E-state index in [4.69, 9.17) is 10.5 Å². The lowest BCUT2D eigenvalue weighted by Crippen LogP contribution is -2.68. The molecule has 11 nitrogen and oxygen atoms in total. The molecule has 3 saturated heterocycles. The molecule has 1 aromatic carbocycles. The van der Waals surface area contributed by atoms with Gasteiger partial charge >= 0.3 is 0 Å². The van der Waals surface area contributed by atoms with Crippen molar-refractivity contribution in [2.45, 2.75) is 99.6 Å². The molecule has 7 rings (SSSR count). The van der Waals surface area contributed by atoms with Crippen molar-refractivity contribution in [1.29, 1.82) is 0 Å². The predicted octanol–water partition coefficient (Wildman–Crippen LogP) is -0.343. The highest BCUT2D eigenvalue weighted by Crippen LogP contribution is 2.43. The van der Waals surface area contributed by atoms with Crippen LogP contribution in [0.3, 0.4) is 0 Å². The maximum absolute atomic E-state index is 10.8. The molecule has 4 heterocycles. The van der Waals surface area contributed by atoms with Gasteiger partial charge in [-0.25, -0.2) is 4.90 Å². The van der Waals surface area contributed by atoms with Crippen molar-refractivity contribution < 1.29 is 14.9 Å². The topological polar surface area (TPSA) is 142 Å². The van der Waals surface area contributed by atoms with E-state index in [2.05, 4.69) is 61.6 Å². The van der Waals surface area contributed by atoms with Gasteiger partial charge in [-0.3, -0.25) is 16.0 Å². The zero-order chi connectivity index (χ0) is 26.0. The van der Waals surface area contributed by atoms with E-state index in [1.165, 1.54) is 49.0 Å². The monoisotopic (exact) mass is 528 g/mol. The van der Waals surface area contributed by atoms with Crippen LogP contribution in [0.4, 0.5) is 11.4 Å². The zero-order valence-corrected chi connectivity index (χ0v) is 22.2. The van der Waals surface area contributed by atoms with E-state index < -0.39 is 24.5 Å². The second-order valence-corrected chi connectivity index (χ2v) is 12.4. The van der Waals surface area contributed by atoms with Crippen molar-refractivity contribution in [3.63, 3.8) is 0 Å². The molecule has 9 N–H and O–H groups in total. The molecule has 210 valence electrons. The SMILES string of the molecule is CN(C[C@H]1O[C@@H](N2CNC3C(N)NCNC32)[C@H](O)[C@@H]1O)[C@H]1C[C@H](CCC2Nc3ccc(C4CC4)cc3N2)C1. The smallest absolute Gasteiger partial charge is 0.142 e. The Bertz CT molecular complexity index is 1010. The highest BCUT2D eigenvalue weighted by molar-refractivity contribution is 5.75. The molecule has 8 atom stereocenters. The first kappa shape index (κ1) is 25.4. The lowest BCUT2D eigenvalue weighted by molar-refractivity contribution is -0.108. The van der Waals surface area contributed by atoms with Crippen LogP contribution in [0, 0.1) is 5.92 Å². The van der Waals surface area contributed by atoms with Gasteiger partial charge in [-0.2, -0.15) is 0 Å². The molecule has 0 bridgehead atoms. The minimum absolute atomic E-state index is 0.0225. The summed E-state index contributed by atoms with van der Waals surface area (Å²) in [6, 6.07) is 7.38. The van der Waals surface area contributed by atoms with Crippen LogP contribution in [0.1, 0.15) is 50.0 Å². The predicted molar refractivity (Wildman–Crippen MR) is 145 cm³/mol. The van der Waals surface area contributed by atoms with Gasteiger partial charge in [-0.15, -0.1) is 0 Å². The number of likely N-dealkylation sites (N-methyl/N-ethyl adjacent to an activating group) is 1. The summed E-state index contributed by atoms with van der Waals surface area (Å²) in [7, 11) is 2.12. The lowest BCUT2D eigenvalue weighted by Gasteiger charge is -2.42. The normalized spacial score (nSPS) is 42.4. The van der Waals surface area contributed by atoms with E-state index in [1.54, 1.807) is 0 Å². The number of ether oxygens (including phenoxy) is 1. The molecule has 0 spiro atoms. The fourth-order valence-corrected chi connectivity index (χ4v) is 7.17. The maximum atomic E-state index is 10.8. The quantitative estimate of drug-likeness (QED) is 0.225. The Morgan fingerprint density at radius 2 is 1.87 bits per heavy atom. The standard InChI is InChI=1S/C27H44N8O3/c1-34(11-20-23(36)24(37)27(38-20)35-13-31-22-25(28)29-12-30-26(22)35)17-8-14(9-17)2-7-21-32-18-6-5-16(15-3-4-15)10-19(18)33-21/h5-6,10,14-15,17,20-27,29-33,36-37H,2-4,7-9,11-13,28H2,1H3/t14-,17-,20-,21?,22?,23-,24-,25?,26?,27-/m1/s1. The molecule has 5 fully saturated rings. The van der Waals surface area contributed by atoms with Crippen LogP contribution in [0.25, 0.3) is 0 Å². The Balaban J connectivity index is 0.856. The largest absolute Gasteiger partial charge is 0.387 e. The van der Waals surface area contributed by atoms with Crippen molar-refractivity contribution in [1.82, 2.24) is 25.8 Å². The van der Waals surface area contributed by atoms with Crippen LogP contribution >= 0.6 is 0 Å². The fraction of sp³-hybridized carbons (Fsp3) is 0.778. The number of hydrogen-bond acceptors (Lipinski definition) is 11. The number of hydrogen-bond donors (Lipinski definition) is 8. The number of rotatable bonds is 8. The average Bonchev–Trinajstić information content (AvgIpc) is 3.42. The van der Waals surface area contributed by atoms with E-state index >= 15 is 0 Å². The molecule has 0 radical (unpaired) electrons. The molecular weight excluding hydrogens is 484 g/mol. The molecule has 1 aromatic rings. The van der Waals surface area contributed by atoms with E-state index in [0.717, 1.165) is 18.3 Å². The molecule has 6 aliphatic rings. The average molecular weight is 529 g/mol. The molecule has 11 heteroatoms. The molecule has 0 aromatic heterocycles. The first-order valence-electron chi connectivity index (χ1n) is 14.5. The molecule has 2 saturated carbocycles. The molecule has 4 unspecified atom stereocenters. The van der Waals surface area contributed by atoms with Crippen molar-refractivity contribution in [3.8, 4) is 0 Å². The summed E-state index contributed by atoms with van der Waals surface area (Å²) >= 11 is 0. The van der Waals surface area contributed by atoms with Gasteiger partial charge in [-0.1, -0.05) is 6.07 Å². The van der Waals surface area contributed by atoms with Crippen LogP contribution in [0.15, 0.2) is 18.2 Å². The second kappa shape index (κ2) is 10.1. The minimum atomic E-state index is -0.952. The van der Waals surface area contributed by atoms with Gasteiger partial charge in [0.2, 0.25) is 0 Å². The summed E-state index contributed by atoms with van der Waals surface area (Å²) in [5.41, 5.74) is 10.2. The third kappa shape index (κ3) is 4.71. The Kier molecular flexibility index (Phi) is 6.78. The summed E-state index contributed by atoms with van der Waals surface area (Å²) < 4.78 is 6.27. The van der Waals surface area contributed by atoms with Crippen molar-refractivity contribution in [2.75, 3.05) is 37.6 Å². The summed E-state index contributed by atoms with van der Waals surface area (Å²) in [6.45, 7) is 1.76. The van der Waals surface area contributed by atoms with Gasteiger partial charge in [0.25, 0.3) is 0 Å². The molecular formula is C27H44N8O3. The fourth-order valence-electron chi connectivity index (χ4n) is 7.17. The summed E-state index contributed by atoms with van der Waals surface area (Å²) in [5, 5.41) is 39.0. The zero-order valence-electron chi connectivity index (χ0n) is 22.2. The van der Waals surface area contributed by atoms with Crippen molar-refractivity contribution in [2.24, 2.45) is 11.7 Å². The molecule has 0 amide bonds. The van der Waals surface area contributed by atoms with Gasteiger partial charge < -0.3 is 36.2 Å². The van der Waals surface area contributed by atoms with Gasteiger partial charge in [0.05, 0.1) is 42.6 Å². The third-order valence-corrected chi connectivity index (χ3v) is 9.82. The van der Waals surface area contributed by atoms with E-state index in [-0.39, 0.29) is 18.4 Å². The van der Waals surface area contributed by atoms with Crippen LogP contribution in [-0.2, 0) is 4.74 Å². The number of nitrogens with zero attached hydrogens (tertiary/aromatic N) is 2. The van der Waals surface area contributed by atoms with Crippen molar-refractivity contribution >= 4 is 11.4 Å². The first-order valence-corrected chi connectivity index (χ1v) is 14.5. The number of aliphatic hydroxyl groups is 2. The number of benzene rings is 1. The van der Waals surface area contributed by atoms with Gasteiger partial charge in [0.1, 0.15) is 24.5 Å². The molecule has 2 aliphatic carbocycles. The van der Waals surface area contributed by atoms with Gasteiger partial charge in [0, 0.05) is 19.3 Å². The summed E-state index contributed by atoms with van der Waals surface area (Å²) in [5.74, 6) is 1.51. The van der Waals surface area contributed by atoms with E-state index in [9.17, 15) is 10.2 Å². The number of aliphatic hydroxyl groups excluding tert-OH is 2. The van der Waals surface area contributed by atoms with Crippen LogP contribution in [0.5, 0.6) is 0 Å². The Morgan fingerprint density at radius 1 is 1.05 bits per heavy atom. The van der Waals surface area contributed by atoms with Crippen LogP contribution in [0.2, 0.25) is 0 Å². The maximum Gasteiger partial charge on any atom is 0.142 e. The van der Waals surface area contributed by atoms with E-state index in [0.29, 0.717) is 32.1 Å². The number of anilines is 2. The number of nitrogens with two attached hydrogens (primary N) is 1. The Labute approximate surface area is 224 Å². The number of fused-ring (bicyclic) bond motifs is 2. The van der Waals surface area contributed by atoms with Crippen molar-refractivity contribution in [3.05, 3.63) is 23.8 Å². The van der Waals surface area contributed by atoms with Gasteiger partial charge in [-0.05, 0) is 75.1 Å². The number of nitrogens with one attached hydrogen (secondary N) is 5. The van der Waals surface area contributed by atoms with E-state index in [1.807, 2.05) is 0 Å². The van der Waals surface area contributed by atoms with Gasteiger partial charge in [0.15, 0.2) is 0 Å². The summed E-state index contributed by atoms with van der Waals surface area (Å²) in [4.78, 5) is 4.36. The third-order valence-electron chi connectivity index (χ3n) is 9.82. The second-order valence-electron chi connectivity index (χ2n) is 12.4. The lowest BCUT2D eigenvalue weighted by atomic mass is 9.76. The Hall–Kier alpha value is -1.54. The van der Waals surface area contributed by atoms with Crippen LogP contribution < -0.4 is 32.3 Å². The highest BCUT2D eigenvalue weighted by Gasteiger charge is 2.52. The summed E-state index contributed by atoms with van der Waals surface area (Å²) in [6.07, 6.45) is 4.61. The first-order chi connectivity index (χ1) is 18.4. The Morgan fingerprint density at radius 3 is 2.68 bits per heavy atom. The molecule has 4 aliphatic heterocycles. The highest BCUT2D eigenvalue weighted by atomic mass is 16.6. The minimum Gasteiger partial charge on any atom is -0.387 e.